The Balaban J connectivity index is 2.31. The van der Waals surface area contributed by atoms with E-state index in [0.29, 0.717) is 0 Å². The molecule has 0 aliphatic heterocycles. The Morgan fingerprint density at radius 2 is 1.87 bits per heavy atom. The molecule has 0 saturated carbocycles. The van der Waals surface area contributed by atoms with Gasteiger partial charge in [0.2, 0.25) is 0 Å². The van der Waals surface area contributed by atoms with E-state index in [1.165, 1.54) is 30.3 Å². The van der Waals surface area contributed by atoms with Crippen LogP contribution >= 0.6 is 27.5 Å². The molecular weight excluding hydrogens is 406 g/mol. The molecule has 0 heterocycles. The van der Waals surface area contributed by atoms with Crippen molar-refractivity contribution in [1.29, 1.82) is 0 Å². The van der Waals surface area contributed by atoms with Gasteiger partial charge in [-0.3, -0.25) is 4.72 Å². The number of nitrogens with one attached hydrogen (secondary N) is 1. The summed E-state index contributed by atoms with van der Waals surface area (Å²) < 4.78 is 32.7. The quantitative estimate of drug-likeness (QED) is 0.743. The maximum Gasteiger partial charge on any atom is 0.339 e. The molecule has 2 rings (SSSR count). The molecule has 0 bridgehead atoms. The van der Waals surface area contributed by atoms with Crippen molar-refractivity contribution in [3.8, 4) is 0 Å². The number of ether oxygens (including phenoxy) is 1. The SMILES string of the molecule is CCOC(=O)c1cc(NS(=O)(=O)c2ccc(Br)cc2)ccc1Cl. The minimum atomic E-state index is -3.76. The van der Waals surface area contributed by atoms with Crippen molar-refractivity contribution in [2.75, 3.05) is 11.3 Å². The average molecular weight is 419 g/mol. The van der Waals surface area contributed by atoms with Gasteiger partial charge in [-0.25, -0.2) is 13.2 Å². The Morgan fingerprint density at radius 3 is 2.48 bits per heavy atom. The molecule has 122 valence electrons. The van der Waals surface area contributed by atoms with Crippen molar-refractivity contribution in [3.63, 3.8) is 0 Å². The van der Waals surface area contributed by atoms with Crippen molar-refractivity contribution in [3.05, 3.63) is 57.5 Å². The largest absolute Gasteiger partial charge is 0.462 e. The molecule has 0 saturated heterocycles. The van der Waals surface area contributed by atoms with E-state index in [0.717, 1.165) is 4.47 Å². The van der Waals surface area contributed by atoms with E-state index in [4.69, 9.17) is 16.3 Å². The van der Waals surface area contributed by atoms with Crippen molar-refractivity contribution in [2.24, 2.45) is 0 Å². The number of rotatable bonds is 5. The maximum atomic E-state index is 12.3. The van der Waals surface area contributed by atoms with Gasteiger partial charge in [-0.2, -0.15) is 0 Å². The van der Waals surface area contributed by atoms with Gasteiger partial charge in [-0.1, -0.05) is 27.5 Å². The van der Waals surface area contributed by atoms with Gasteiger partial charge < -0.3 is 4.74 Å². The summed E-state index contributed by atoms with van der Waals surface area (Å²) in [4.78, 5) is 11.9. The topological polar surface area (TPSA) is 72.5 Å². The van der Waals surface area contributed by atoms with E-state index >= 15 is 0 Å². The van der Waals surface area contributed by atoms with Crippen LogP contribution in [0.1, 0.15) is 17.3 Å². The summed E-state index contributed by atoms with van der Waals surface area (Å²) in [5.74, 6) is -0.609. The number of hydrogen-bond acceptors (Lipinski definition) is 4. The van der Waals surface area contributed by atoms with Crippen LogP contribution in [-0.2, 0) is 14.8 Å². The number of hydrogen-bond donors (Lipinski definition) is 1. The highest BCUT2D eigenvalue weighted by atomic mass is 79.9. The van der Waals surface area contributed by atoms with Gasteiger partial charge in [0.25, 0.3) is 10.0 Å². The van der Waals surface area contributed by atoms with Crippen molar-refractivity contribution in [1.82, 2.24) is 0 Å². The molecule has 2 aromatic carbocycles. The Hall–Kier alpha value is -1.57. The fourth-order valence-corrected chi connectivity index (χ4v) is 3.29. The molecular formula is C15H13BrClNO4S. The zero-order chi connectivity index (χ0) is 17.0. The molecule has 0 amide bonds. The molecule has 0 aromatic heterocycles. The molecule has 0 radical (unpaired) electrons. The molecule has 2 aromatic rings. The number of esters is 1. The van der Waals surface area contributed by atoms with Crippen molar-refractivity contribution >= 4 is 49.2 Å². The number of anilines is 1. The molecule has 0 unspecified atom stereocenters. The highest BCUT2D eigenvalue weighted by Gasteiger charge is 2.17. The highest BCUT2D eigenvalue weighted by molar-refractivity contribution is 9.10. The third-order valence-corrected chi connectivity index (χ3v) is 5.09. The van der Waals surface area contributed by atoms with Crippen LogP contribution in [0.2, 0.25) is 5.02 Å². The summed E-state index contributed by atoms with van der Waals surface area (Å²) in [5.41, 5.74) is 0.324. The predicted molar refractivity (Wildman–Crippen MR) is 92.4 cm³/mol. The van der Waals surface area contributed by atoms with Crippen LogP contribution in [0, 0.1) is 0 Å². The van der Waals surface area contributed by atoms with E-state index in [9.17, 15) is 13.2 Å². The van der Waals surface area contributed by atoms with Crippen LogP contribution in [0.5, 0.6) is 0 Å². The number of carbonyl (C=O) groups excluding carboxylic acids is 1. The smallest absolute Gasteiger partial charge is 0.339 e. The van der Waals surface area contributed by atoms with E-state index in [1.807, 2.05) is 0 Å². The van der Waals surface area contributed by atoms with Crippen LogP contribution in [0.25, 0.3) is 0 Å². The molecule has 0 aliphatic carbocycles. The molecule has 0 spiro atoms. The summed E-state index contributed by atoms with van der Waals surface area (Å²) in [7, 11) is -3.76. The molecule has 0 aliphatic rings. The second-order valence-electron chi connectivity index (χ2n) is 4.47. The lowest BCUT2D eigenvalue weighted by molar-refractivity contribution is 0.0526. The zero-order valence-electron chi connectivity index (χ0n) is 12.0. The van der Waals surface area contributed by atoms with Gasteiger partial charge in [0.05, 0.1) is 22.1 Å². The van der Waals surface area contributed by atoms with E-state index < -0.39 is 16.0 Å². The van der Waals surface area contributed by atoms with E-state index in [1.54, 1.807) is 19.1 Å². The third-order valence-electron chi connectivity index (χ3n) is 2.84. The summed E-state index contributed by atoms with van der Waals surface area (Å²) in [6.45, 7) is 1.87. The lowest BCUT2D eigenvalue weighted by Gasteiger charge is -2.10. The van der Waals surface area contributed by atoms with Crippen LogP contribution in [0.3, 0.4) is 0 Å². The monoisotopic (exact) mass is 417 g/mol. The maximum absolute atomic E-state index is 12.3. The van der Waals surface area contributed by atoms with Crippen molar-refractivity contribution < 1.29 is 17.9 Å². The van der Waals surface area contributed by atoms with E-state index in [-0.39, 0.29) is 27.8 Å². The summed E-state index contributed by atoms with van der Waals surface area (Å²) in [6, 6.07) is 10.4. The third kappa shape index (κ3) is 4.46. The number of sulfonamides is 1. The number of benzene rings is 2. The fraction of sp³-hybridized carbons (Fsp3) is 0.133. The second-order valence-corrected chi connectivity index (χ2v) is 7.48. The molecule has 0 fully saturated rings. The summed E-state index contributed by atoms with van der Waals surface area (Å²) >= 11 is 9.20. The normalized spacial score (nSPS) is 11.1. The van der Waals surface area contributed by atoms with Crippen LogP contribution < -0.4 is 4.72 Å². The van der Waals surface area contributed by atoms with Crippen LogP contribution in [-0.4, -0.2) is 21.0 Å². The summed E-state index contributed by atoms with van der Waals surface area (Å²) in [5, 5.41) is 0.190. The Morgan fingerprint density at radius 1 is 1.22 bits per heavy atom. The first kappa shape index (κ1) is 17.8. The molecule has 5 nitrogen and oxygen atoms in total. The minimum Gasteiger partial charge on any atom is -0.462 e. The summed E-state index contributed by atoms with van der Waals surface area (Å²) in [6.07, 6.45) is 0. The fourth-order valence-electron chi connectivity index (χ4n) is 1.78. The lowest BCUT2D eigenvalue weighted by Crippen LogP contribution is -2.14. The first-order valence-electron chi connectivity index (χ1n) is 6.58. The molecule has 0 atom stereocenters. The highest BCUT2D eigenvalue weighted by Crippen LogP contribution is 2.24. The van der Waals surface area contributed by atoms with Gasteiger partial charge in [0.15, 0.2) is 0 Å². The van der Waals surface area contributed by atoms with Crippen LogP contribution in [0.15, 0.2) is 51.8 Å². The van der Waals surface area contributed by atoms with Crippen LogP contribution in [0.4, 0.5) is 5.69 Å². The molecule has 1 N–H and O–H groups in total. The standard InChI is InChI=1S/C15H13BrClNO4S/c1-2-22-15(19)13-9-11(5-8-14(13)17)18-23(20,21)12-6-3-10(16)4-7-12/h3-9,18H,2H2,1H3. The van der Waals surface area contributed by atoms with E-state index in [2.05, 4.69) is 20.7 Å². The van der Waals surface area contributed by atoms with Gasteiger partial charge in [-0.15, -0.1) is 0 Å². The Labute approximate surface area is 147 Å². The lowest BCUT2D eigenvalue weighted by atomic mass is 10.2. The van der Waals surface area contributed by atoms with Gasteiger partial charge in [-0.05, 0) is 49.4 Å². The Bertz CT molecular complexity index is 822. The Kier molecular flexibility index (Phi) is 5.67. The zero-order valence-corrected chi connectivity index (χ0v) is 15.2. The van der Waals surface area contributed by atoms with Gasteiger partial charge in [0, 0.05) is 10.2 Å². The predicted octanol–water partition coefficient (Wildman–Crippen LogP) is 4.08. The second kappa shape index (κ2) is 7.33. The van der Waals surface area contributed by atoms with Crippen molar-refractivity contribution in [2.45, 2.75) is 11.8 Å². The minimum absolute atomic E-state index is 0.101. The van der Waals surface area contributed by atoms with Gasteiger partial charge >= 0.3 is 5.97 Å². The number of halogens is 2. The molecule has 8 heteroatoms. The number of carbonyl (C=O) groups is 1. The average Bonchev–Trinajstić information content (AvgIpc) is 2.49. The first-order valence-corrected chi connectivity index (χ1v) is 9.24. The van der Waals surface area contributed by atoms with Gasteiger partial charge in [0.1, 0.15) is 0 Å². The first-order chi connectivity index (χ1) is 10.8. The molecule has 23 heavy (non-hydrogen) atoms.